The quantitative estimate of drug-likeness (QED) is 0.623. The molecule has 0 unspecified atom stereocenters. The molecule has 0 spiro atoms. The number of pyridine rings is 1. The first kappa shape index (κ1) is 8.71. The van der Waals surface area contributed by atoms with Crippen LogP contribution in [0.25, 0.3) is 0 Å². The van der Waals surface area contributed by atoms with Gasteiger partial charge in [0.05, 0.1) is 0 Å². The summed E-state index contributed by atoms with van der Waals surface area (Å²) < 4.78 is 1.33. The Morgan fingerprint density at radius 1 is 1.58 bits per heavy atom. The molecule has 64 valence electrons. The van der Waals surface area contributed by atoms with Crippen molar-refractivity contribution in [3.63, 3.8) is 0 Å². The Morgan fingerprint density at radius 2 is 2.42 bits per heavy atom. The van der Waals surface area contributed by atoms with E-state index in [1.807, 2.05) is 0 Å². The summed E-state index contributed by atoms with van der Waals surface area (Å²) in [5, 5.41) is 3.97. The second-order valence-electron chi connectivity index (χ2n) is 2.47. The Morgan fingerprint density at radius 3 is 3.08 bits per heavy atom. The molecule has 1 heterocycles. The van der Waals surface area contributed by atoms with Crippen LogP contribution in [-0.4, -0.2) is 10.9 Å². The van der Waals surface area contributed by atoms with E-state index in [0.29, 0.717) is 0 Å². The Hall–Kier alpha value is -1.38. The number of hydrogen-bond donors (Lipinski definition) is 0. The molecule has 0 saturated carbocycles. The Kier molecular flexibility index (Phi) is 3.26. The van der Waals surface area contributed by atoms with Crippen molar-refractivity contribution in [3.05, 3.63) is 34.7 Å². The normalized spacial score (nSPS) is 10.8. The zero-order chi connectivity index (χ0) is 8.81. The summed E-state index contributed by atoms with van der Waals surface area (Å²) in [5.74, 6) is 0. The highest BCUT2D eigenvalue weighted by molar-refractivity contribution is 5.56. The number of rotatable bonds is 3. The van der Waals surface area contributed by atoms with Crippen molar-refractivity contribution in [2.24, 2.45) is 5.10 Å². The summed E-state index contributed by atoms with van der Waals surface area (Å²) in [6.07, 6.45) is 5.35. The van der Waals surface area contributed by atoms with E-state index in [2.05, 4.69) is 12.0 Å². The van der Waals surface area contributed by atoms with E-state index in [-0.39, 0.29) is 5.56 Å². The van der Waals surface area contributed by atoms with Gasteiger partial charge in [-0.2, -0.15) is 5.10 Å². The average molecular weight is 164 g/mol. The monoisotopic (exact) mass is 164 g/mol. The Balaban J connectivity index is 2.76. The minimum atomic E-state index is -0.0927. The first-order chi connectivity index (χ1) is 5.84. The molecule has 0 aliphatic rings. The fraction of sp³-hybridized carbons (Fsp3) is 0.333. The maximum atomic E-state index is 11.1. The lowest BCUT2D eigenvalue weighted by atomic mass is 10.4. The summed E-state index contributed by atoms with van der Waals surface area (Å²) >= 11 is 0. The van der Waals surface area contributed by atoms with Gasteiger partial charge in [-0.25, -0.2) is 4.68 Å². The minimum absolute atomic E-state index is 0.0927. The molecule has 3 nitrogen and oxygen atoms in total. The van der Waals surface area contributed by atoms with Gasteiger partial charge in [0, 0.05) is 18.5 Å². The van der Waals surface area contributed by atoms with Crippen molar-refractivity contribution in [2.75, 3.05) is 0 Å². The molecule has 0 aliphatic carbocycles. The first-order valence-electron chi connectivity index (χ1n) is 4.05. The van der Waals surface area contributed by atoms with Gasteiger partial charge in [0.2, 0.25) is 0 Å². The first-order valence-corrected chi connectivity index (χ1v) is 4.05. The fourth-order valence-corrected chi connectivity index (χ4v) is 0.789. The van der Waals surface area contributed by atoms with Crippen LogP contribution in [0.15, 0.2) is 34.3 Å². The summed E-state index contributed by atoms with van der Waals surface area (Å²) in [4.78, 5) is 11.1. The SMILES string of the molecule is CCC/C=N/n1ccccc1=O. The fourth-order valence-electron chi connectivity index (χ4n) is 0.789. The smallest absolute Gasteiger partial charge is 0.267 e. The van der Waals surface area contributed by atoms with Crippen LogP contribution in [0.2, 0.25) is 0 Å². The molecule has 0 bridgehead atoms. The largest absolute Gasteiger partial charge is 0.270 e. The molecule has 0 N–H and O–H groups in total. The van der Waals surface area contributed by atoms with Gasteiger partial charge in [-0.3, -0.25) is 4.79 Å². The van der Waals surface area contributed by atoms with Gasteiger partial charge < -0.3 is 0 Å². The van der Waals surface area contributed by atoms with Crippen LogP contribution >= 0.6 is 0 Å². The molecule has 1 aromatic rings. The van der Waals surface area contributed by atoms with Crippen molar-refractivity contribution in [1.82, 2.24) is 4.68 Å². The van der Waals surface area contributed by atoms with E-state index in [1.54, 1.807) is 24.5 Å². The van der Waals surface area contributed by atoms with Crippen LogP contribution in [0.1, 0.15) is 19.8 Å². The van der Waals surface area contributed by atoms with Crippen molar-refractivity contribution in [3.8, 4) is 0 Å². The van der Waals surface area contributed by atoms with Gasteiger partial charge in [-0.05, 0) is 12.5 Å². The molecule has 0 aromatic carbocycles. The van der Waals surface area contributed by atoms with Gasteiger partial charge in [0.1, 0.15) is 0 Å². The predicted molar refractivity (Wildman–Crippen MR) is 49.5 cm³/mol. The van der Waals surface area contributed by atoms with Crippen LogP contribution in [0, 0.1) is 0 Å². The van der Waals surface area contributed by atoms with Crippen LogP contribution in [0.3, 0.4) is 0 Å². The average Bonchev–Trinajstić information content (AvgIpc) is 2.09. The van der Waals surface area contributed by atoms with Gasteiger partial charge in [-0.1, -0.05) is 19.4 Å². The lowest BCUT2D eigenvalue weighted by molar-refractivity contribution is 0.823. The molecule has 0 fully saturated rings. The zero-order valence-corrected chi connectivity index (χ0v) is 7.10. The molecule has 0 saturated heterocycles. The third-order valence-corrected chi connectivity index (χ3v) is 1.43. The van der Waals surface area contributed by atoms with Gasteiger partial charge in [0.25, 0.3) is 5.56 Å². The van der Waals surface area contributed by atoms with E-state index >= 15 is 0 Å². The maximum Gasteiger partial charge on any atom is 0.270 e. The molecule has 0 amide bonds. The Bertz CT molecular complexity index is 314. The van der Waals surface area contributed by atoms with E-state index in [9.17, 15) is 4.79 Å². The highest BCUT2D eigenvalue weighted by Crippen LogP contribution is 1.83. The number of nitrogens with zero attached hydrogens (tertiary/aromatic N) is 2. The van der Waals surface area contributed by atoms with Crippen molar-refractivity contribution in [1.29, 1.82) is 0 Å². The molecular weight excluding hydrogens is 152 g/mol. The highest BCUT2D eigenvalue weighted by Gasteiger charge is 1.86. The van der Waals surface area contributed by atoms with Gasteiger partial charge >= 0.3 is 0 Å². The summed E-state index contributed by atoms with van der Waals surface area (Å²) in [6.45, 7) is 2.07. The maximum absolute atomic E-state index is 11.1. The van der Waals surface area contributed by atoms with Crippen LogP contribution < -0.4 is 5.56 Å². The topological polar surface area (TPSA) is 34.4 Å². The summed E-state index contributed by atoms with van der Waals surface area (Å²) in [5.41, 5.74) is -0.0927. The van der Waals surface area contributed by atoms with E-state index in [1.165, 1.54) is 10.7 Å². The number of unbranched alkanes of at least 4 members (excludes halogenated alkanes) is 1. The molecule has 0 atom stereocenters. The molecule has 3 heteroatoms. The van der Waals surface area contributed by atoms with Crippen LogP contribution in [-0.2, 0) is 0 Å². The lowest BCUT2D eigenvalue weighted by Crippen LogP contribution is -2.13. The minimum Gasteiger partial charge on any atom is -0.267 e. The van der Waals surface area contributed by atoms with Crippen LogP contribution in [0.5, 0.6) is 0 Å². The molecule has 0 radical (unpaired) electrons. The molecular formula is C9H12N2O. The van der Waals surface area contributed by atoms with Crippen molar-refractivity contribution >= 4 is 6.21 Å². The number of hydrogen-bond acceptors (Lipinski definition) is 2. The van der Waals surface area contributed by atoms with E-state index in [4.69, 9.17) is 0 Å². The van der Waals surface area contributed by atoms with Crippen molar-refractivity contribution in [2.45, 2.75) is 19.8 Å². The third kappa shape index (κ3) is 2.34. The lowest BCUT2D eigenvalue weighted by Gasteiger charge is -1.93. The molecule has 12 heavy (non-hydrogen) atoms. The second kappa shape index (κ2) is 4.49. The molecule has 1 aromatic heterocycles. The Labute approximate surface area is 71.3 Å². The van der Waals surface area contributed by atoms with Gasteiger partial charge in [0.15, 0.2) is 0 Å². The summed E-state index contributed by atoms with van der Waals surface area (Å²) in [7, 11) is 0. The zero-order valence-electron chi connectivity index (χ0n) is 7.10. The standard InChI is InChI=1S/C9H12N2O/c1-2-3-7-10-11-8-5-4-6-9(11)12/h4-8H,2-3H2,1H3/b10-7+. The highest BCUT2D eigenvalue weighted by atomic mass is 16.1. The van der Waals surface area contributed by atoms with E-state index in [0.717, 1.165) is 12.8 Å². The number of aromatic nitrogens is 1. The summed E-state index contributed by atoms with van der Waals surface area (Å²) in [6, 6.07) is 4.97. The second-order valence-corrected chi connectivity index (χ2v) is 2.47. The predicted octanol–water partition coefficient (Wildman–Crippen LogP) is 1.48. The molecule has 0 aliphatic heterocycles. The van der Waals surface area contributed by atoms with Crippen molar-refractivity contribution < 1.29 is 0 Å². The van der Waals surface area contributed by atoms with Gasteiger partial charge in [-0.15, -0.1) is 0 Å². The molecule has 1 rings (SSSR count). The third-order valence-electron chi connectivity index (χ3n) is 1.43. The van der Waals surface area contributed by atoms with Crippen LogP contribution in [0.4, 0.5) is 0 Å². The van der Waals surface area contributed by atoms with E-state index < -0.39 is 0 Å².